The van der Waals surface area contributed by atoms with Crippen molar-refractivity contribution in [1.29, 1.82) is 0 Å². The molecule has 0 atom stereocenters. The van der Waals surface area contributed by atoms with Crippen LogP contribution in [0.15, 0.2) is 237 Å². The Morgan fingerprint density at radius 1 is 0.134 bits per heavy atom. The van der Waals surface area contributed by atoms with Gasteiger partial charge < -0.3 is 4.90 Å². The van der Waals surface area contributed by atoms with Crippen molar-refractivity contribution in [3.8, 4) is 0 Å². The van der Waals surface area contributed by atoms with Crippen LogP contribution >= 0.6 is 0 Å². The fraction of sp³-hybridized carbons (Fsp3) is 0. The monoisotopic (exact) mass is 845 g/mol. The molecule has 67 heavy (non-hydrogen) atoms. The molecule has 15 aromatic rings. The third kappa shape index (κ3) is 5.20. The van der Waals surface area contributed by atoms with Gasteiger partial charge in [-0.2, -0.15) is 0 Å². The summed E-state index contributed by atoms with van der Waals surface area (Å²) in [6.07, 6.45) is 0. The number of nitrogens with zero attached hydrogens (tertiary/aromatic N) is 1. The second-order valence-corrected chi connectivity index (χ2v) is 18.3. The molecule has 1 heteroatoms. The molecule has 0 aliphatic heterocycles. The SMILES string of the molecule is c1ccc(N(c2ccc3c(c2)c2ccccc2c2cc4c5ccccc5c5ccccc5c4cc32)c2ccc3c(c2)c2ccccc2c2cc4c5ccccc5c5ccccc5c4cc32)cc1. The van der Waals surface area contributed by atoms with Gasteiger partial charge in [-0.15, -0.1) is 0 Å². The molecule has 0 N–H and O–H groups in total. The van der Waals surface area contributed by atoms with Gasteiger partial charge in [-0.1, -0.05) is 176 Å². The highest BCUT2D eigenvalue weighted by Crippen LogP contribution is 2.47. The smallest absolute Gasteiger partial charge is 0.0468 e. The van der Waals surface area contributed by atoms with E-state index in [1.165, 1.54) is 129 Å². The standard InChI is InChI=1S/C66H39N/c1-2-16-40(17-3-1)67(41-30-32-55-57(34-41)51-26-12-14-28-53(51)63-36-59-47-22-8-4-18-43(47)45-20-6-10-24-49(45)61(59)38-65(55)63)42-31-33-56-58(35-42)52-27-13-15-29-54(52)64-37-60-48-23-9-5-19-44(48)46-21-7-11-25-50(46)62(60)39-66(56)64/h1-39H. The average molecular weight is 846 g/mol. The highest BCUT2D eigenvalue weighted by molar-refractivity contribution is 6.35. The van der Waals surface area contributed by atoms with E-state index in [1.54, 1.807) is 0 Å². The van der Waals surface area contributed by atoms with Crippen molar-refractivity contribution in [1.82, 2.24) is 0 Å². The van der Waals surface area contributed by atoms with Crippen LogP contribution in [-0.2, 0) is 0 Å². The summed E-state index contributed by atoms with van der Waals surface area (Å²) in [6, 6.07) is 88.5. The minimum absolute atomic E-state index is 1.12. The summed E-state index contributed by atoms with van der Waals surface area (Å²) in [6.45, 7) is 0. The average Bonchev–Trinajstić information content (AvgIpc) is 3.41. The van der Waals surface area contributed by atoms with Crippen molar-refractivity contribution < 1.29 is 0 Å². The lowest BCUT2D eigenvalue weighted by molar-refractivity contribution is 1.30. The molecule has 0 saturated heterocycles. The van der Waals surface area contributed by atoms with Gasteiger partial charge in [0.25, 0.3) is 0 Å². The number of para-hydroxylation sites is 1. The van der Waals surface area contributed by atoms with Crippen molar-refractivity contribution in [2.45, 2.75) is 0 Å². The van der Waals surface area contributed by atoms with Gasteiger partial charge in [-0.3, -0.25) is 0 Å². The first-order chi connectivity index (χ1) is 33.2. The van der Waals surface area contributed by atoms with Crippen LogP contribution in [0, 0.1) is 0 Å². The number of anilines is 3. The van der Waals surface area contributed by atoms with Crippen molar-refractivity contribution in [3.05, 3.63) is 237 Å². The van der Waals surface area contributed by atoms with Gasteiger partial charge in [0.2, 0.25) is 0 Å². The Morgan fingerprint density at radius 2 is 0.328 bits per heavy atom. The van der Waals surface area contributed by atoms with Crippen LogP contribution in [0.5, 0.6) is 0 Å². The van der Waals surface area contributed by atoms with Crippen LogP contribution < -0.4 is 4.90 Å². The predicted molar refractivity (Wildman–Crippen MR) is 291 cm³/mol. The second-order valence-electron chi connectivity index (χ2n) is 18.3. The summed E-state index contributed by atoms with van der Waals surface area (Å²) in [5.74, 6) is 0. The van der Waals surface area contributed by atoms with Crippen LogP contribution in [0.3, 0.4) is 0 Å². The van der Waals surface area contributed by atoms with Crippen molar-refractivity contribution in [2.24, 2.45) is 0 Å². The molecular formula is C66H39N. The highest BCUT2D eigenvalue weighted by atomic mass is 15.1. The summed E-state index contributed by atoms with van der Waals surface area (Å²) in [7, 11) is 0. The molecule has 0 radical (unpaired) electrons. The Bertz CT molecular complexity index is 4350. The minimum Gasteiger partial charge on any atom is -0.310 e. The molecule has 308 valence electrons. The maximum absolute atomic E-state index is 2.47. The Morgan fingerprint density at radius 3 is 0.582 bits per heavy atom. The van der Waals surface area contributed by atoms with Crippen LogP contribution in [0.1, 0.15) is 0 Å². The van der Waals surface area contributed by atoms with E-state index in [1.807, 2.05) is 0 Å². The predicted octanol–water partition coefficient (Wildman–Crippen LogP) is 19.0. The Hall–Kier alpha value is -8.78. The van der Waals surface area contributed by atoms with Crippen LogP contribution in [0.4, 0.5) is 17.1 Å². The molecule has 0 bridgehead atoms. The molecule has 15 rings (SSSR count). The lowest BCUT2D eigenvalue weighted by Crippen LogP contribution is -2.10. The van der Waals surface area contributed by atoms with E-state index in [9.17, 15) is 0 Å². The molecule has 0 fully saturated rings. The number of hydrogen-bond acceptors (Lipinski definition) is 1. The van der Waals surface area contributed by atoms with Gasteiger partial charge >= 0.3 is 0 Å². The normalized spacial score (nSPS) is 12.2. The fourth-order valence-corrected chi connectivity index (χ4v) is 12.0. The number of hydrogen-bond donors (Lipinski definition) is 0. The van der Waals surface area contributed by atoms with E-state index in [4.69, 9.17) is 0 Å². The van der Waals surface area contributed by atoms with Crippen molar-refractivity contribution in [2.75, 3.05) is 4.90 Å². The summed E-state index contributed by atoms with van der Waals surface area (Å²) in [5.41, 5.74) is 3.36. The zero-order valence-electron chi connectivity index (χ0n) is 36.5. The van der Waals surface area contributed by atoms with E-state index in [2.05, 4.69) is 241 Å². The number of rotatable bonds is 3. The highest BCUT2D eigenvalue weighted by Gasteiger charge is 2.20. The first kappa shape index (κ1) is 36.5. The van der Waals surface area contributed by atoms with Crippen molar-refractivity contribution in [3.63, 3.8) is 0 Å². The first-order valence-electron chi connectivity index (χ1n) is 23.3. The lowest BCUT2D eigenvalue weighted by atomic mass is 9.88. The molecule has 0 aromatic heterocycles. The van der Waals surface area contributed by atoms with E-state index in [0.29, 0.717) is 0 Å². The van der Waals surface area contributed by atoms with Gasteiger partial charge in [0.15, 0.2) is 0 Å². The number of fused-ring (bicyclic) bond motifs is 24. The van der Waals surface area contributed by atoms with Gasteiger partial charge in [0, 0.05) is 17.1 Å². The Labute approximate surface area is 385 Å². The molecule has 0 saturated carbocycles. The van der Waals surface area contributed by atoms with Crippen molar-refractivity contribution >= 4 is 146 Å². The molecular weight excluding hydrogens is 807 g/mol. The molecule has 0 unspecified atom stereocenters. The molecule has 0 amide bonds. The summed E-state index contributed by atoms with van der Waals surface area (Å²) >= 11 is 0. The van der Waals surface area contributed by atoms with Gasteiger partial charge in [-0.05, 0) is 190 Å². The molecule has 0 heterocycles. The van der Waals surface area contributed by atoms with Gasteiger partial charge in [-0.25, -0.2) is 0 Å². The molecule has 15 aromatic carbocycles. The van der Waals surface area contributed by atoms with Crippen LogP contribution in [0.25, 0.3) is 129 Å². The molecule has 0 aliphatic rings. The van der Waals surface area contributed by atoms with Gasteiger partial charge in [0.1, 0.15) is 0 Å². The lowest BCUT2D eigenvalue weighted by Gasteiger charge is -2.27. The third-order valence-electron chi connectivity index (χ3n) is 14.9. The summed E-state index contributed by atoms with van der Waals surface area (Å²) in [5, 5.41) is 30.7. The van der Waals surface area contributed by atoms with E-state index in [0.717, 1.165) is 17.1 Å². The van der Waals surface area contributed by atoms with E-state index in [-0.39, 0.29) is 0 Å². The largest absolute Gasteiger partial charge is 0.310 e. The molecule has 0 aliphatic carbocycles. The summed E-state index contributed by atoms with van der Waals surface area (Å²) in [4.78, 5) is 2.44. The van der Waals surface area contributed by atoms with E-state index < -0.39 is 0 Å². The molecule has 0 spiro atoms. The zero-order chi connectivity index (χ0) is 43.7. The quantitative estimate of drug-likeness (QED) is 0.126. The third-order valence-corrected chi connectivity index (χ3v) is 14.9. The van der Waals surface area contributed by atoms with Crippen LogP contribution in [-0.4, -0.2) is 0 Å². The maximum atomic E-state index is 2.47. The Kier molecular flexibility index (Phi) is 7.56. The van der Waals surface area contributed by atoms with Crippen LogP contribution in [0.2, 0.25) is 0 Å². The Balaban J connectivity index is 0.992. The van der Waals surface area contributed by atoms with E-state index >= 15 is 0 Å². The fourth-order valence-electron chi connectivity index (χ4n) is 12.0. The molecule has 1 nitrogen and oxygen atoms in total. The zero-order valence-corrected chi connectivity index (χ0v) is 36.5. The second kappa shape index (κ2) is 13.9. The van der Waals surface area contributed by atoms with Gasteiger partial charge in [0.05, 0.1) is 0 Å². The topological polar surface area (TPSA) is 3.24 Å². The first-order valence-corrected chi connectivity index (χ1v) is 23.3. The summed E-state index contributed by atoms with van der Waals surface area (Å²) < 4.78 is 0. The number of benzene rings is 15. The minimum atomic E-state index is 1.12. The maximum Gasteiger partial charge on any atom is 0.0468 e.